The number of halogens is 1. The van der Waals surface area contributed by atoms with Gasteiger partial charge in [0.25, 0.3) is 0 Å². The summed E-state index contributed by atoms with van der Waals surface area (Å²) in [4.78, 5) is 4.05. The standard InChI is InChI=1S/C17H19FN2OS/c18-15-3-1-13(2-4-15)16(14-5-8-19-9-6-14)20-11-17(21)7-10-22-12-17/h1-6,8-9,16,20-21H,7,10-12H2/t16-,17-/m1/s1. The van der Waals surface area contributed by atoms with Gasteiger partial charge in [0.2, 0.25) is 0 Å². The molecule has 2 heterocycles. The minimum absolute atomic E-state index is 0.0850. The van der Waals surface area contributed by atoms with Crippen molar-refractivity contribution in [1.29, 1.82) is 0 Å². The van der Waals surface area contributed by atoms with Crippen LogP contribution in [0.2, 0.25) is 0 Å². The zero-order valence-corrected chi connectivity index (χ0v) is 13.0. The smallest absolute Gasteiger partial charge is 0.123 e. The summed E-state index contributed by atoms with van der Waals surface area (Å²) in [6, 6.07) is 10.3. The lowest BCUT2D eigenvalue weighted by atomic mass is 9.97. The molecule has 22 heavy (non-hydrogen) atoms. The average Bonchev–Trinajstić information content (AvgIpc) is 2.97. The molecule has 5 heteroatoms. The molecule has 1 aromatic heterocycles. The van der Waals surface area contributed by atoms with E-state index in [2.05, 4.69) is 10.3 Å². The van der Waals surface area contributed by atoms with E-state index in [9.17, 15) is 9.50 Å². The summed E-state index contributed by atoms with van der Waals surface area (Å²) < 4.78 is 13.2. The topological polar surface area (TPSA) is 45.1 Å². The summed E-state index contributed by atoms with van der Waals surface area (Å²) in [6.07, 6.45) is 4.29. The molecule has 2 atom stereocenters. The number of thioether (sulfide) groups is 1. The number of rotatable bonds is 5. The Morgan fingerprint density at radius 1 is 1.18 bits per heavy atom. The molecule has 0 aliphatic carbocycles. The molecule has 1 aliphatic heterocycles. The van der Waals surface area contributed by atoms with Gasteiger partial charge in [0, 0.05) is 24.7 Å². The summed E-state index contributed by atoms with van der Waals surface area (Å²) in [7, 11) is 0. The van der Waals surface area contributed by atoms with Crippen molar-refractivity contribution in [1.82, 2.24) is 10.3 Å². The number of nitrogens with zero attached hydrogens (tertiary/aromatic N) is 1. The molecule has 0 spiro atoms. The average molecular weight is 318 g/mol. The Morgan fingerprint density at radius 3 is 2.50 bits per heavy atom. The summed E-state index contributed by atoms with van der Waals surface area (Å²) in [5.74, 6) is 1.50. The lowest BCUT2D eigenvalue weighted by Gasteiger charge is -2.27. The van der Waals surface area contributed by atoms with E-state index >= 15 is 0 Å². The molecular formula is C17H19FN2OS. The van der Waals surface area contributed by atoms with Crippen LogP contribution in [0, 0.1) is 5.82 Å². The number of benzene rings is 1. The first-order valence-electron chi connectivity index (χ1n) is 7.35. The van der Waals surface area contributed by atoms with E-state index in [1.165, 1.54) is 12.1 Å². The van der Waals surface area contributed by atoms with Crippen molar-refractivity contribution >= 4 is 11.8 Å². The van der Waals surface area contributed by atoms with Crippen molar-refractivity contribution in [2.45, 2.75) is 18.1 Å². The van der Waals surface area contributed by atoms with Crippen LogP contribution in [0.15, 0.2) is 48.8 Å². The van der Waals surface area contributed by atoms with Crippen molar-refractivity contribution in [2.75, 3.05) is 18.1 Å². The highest BCUT2D eigenvalue weighted by Crippen LogP contribution is 2.29. The van der Waals surface area contributed by atoms with E-state index in [1.54, 1.807) is 36.3 Å². The van der Waals surface area contributed by atoms with Gasteiger partial charge in [-0.05, 0) is 47.6 Å². The van der Waals surface area contributed by atoms with Crippen LogP contribution in [-0.4, -0.2) is 33.7 Å². The van der Waals surface area contributed by atoms with E-state index in [0.717, 1.165) is 29.1 Å². The van der Waals surface area contributed by atoms with Gasteiger partial charge in [0.05, 0.1) is 11.6 Å². The molecule has 116 valence electrons. The molecule has 1 saturated heterocycles. The molecule has 2 N–H and O–H groups in total. The van der Waals surface area contributed by atoms with Gasteiger partial charge in [-0.25, -0.2) is 4.39 Å². The molecule has 3 nitrogen and oxygen atoms in total. The quantitative estimate of drug-likeness (QED) is 0.890. The molecule has 0 saturated carbocycles. The van der Waals surface area contributed by atoms with Crippen molar-refractivity contribution in [3.8, 4) is 0 Å². The summed E-state index contributed by atoms with van der Waals surface area (Å²) in [5.41, 5.74) is 1.37. The second-order valence-corrected chi connectivity index (χ2v) is 6.78. The van der Waals surface area contributed by atoms with Crippen molar-refractivity contribution < 1.29 is 9.50 Å². The number of pyridine rings is 1. The number of aromatic nitrogens is 1. The van der Waals surface area contributed by atoms with E-state index in [0.29, 0.717) is 6.54 Å². The highest BCUT2D eigenvalue weighted by molar-refractivity contribution is 7.99. The van der Waals surface area contributed by atoms with Gasteiger partial charge in [0.15, 0.2) is 0 Å². The van der Waals surface area contributed by atoms with E-state index < -0.39 is 5.60 Å². The maximum Gasteiger partial charge on any atom is 0.123 e. The van der Waals surface area contributed by atoms with E-state index in [-0.39, 0.29) is 11.9 Å². The number of aliphatic hydroxyl groups is 1. The zero-order chi connectivity index (χ0) is 15.4. The Labute approximate surface area is 134 Å². The van der Waals surface area contributed by atoms with Crippen LogP contribution in [0.4, 0.5) is 4.39 Å². The van der Waals surface area contributed by atoms with Gasteiger partial charge in [-0.3, -0.25) is 4.98 Å². The molecular weight excluding hydrogens is 299 g/mol. The zero-order valence-electron chi connectivity index (χ0n) is 12.2. The van der Waals surface area contributed by atoms with Gasteiger partial charge >= 0.3 is 0 Å². The highest BCUT2D eigenvalue weighted by atomic mass is 32.2. The molecule has 0 amide bonds. The molecule has 0 unspecified atom stereocenters. The minimum atomic E-state index is -0.657. The first kappa shape index (κ1) is 15.5. The van der Waals surface area contributed by atoms with Crippen LogP contribution in [0.1, 0.15) is 23.6 Å². The second kappa shape index (κ2) is 6.77. The van der Waals surface area contributed by atoms with Crippen LogP contribution in [0.5, 0.6) is 0 Å². The van der Waals surface area contributed by atoms with Crippen LogP contribution in [0.3, 0.4) is 0 Å². The van der Waals surface area contributed by atoms with E-state index in [4.69, 9.17) is 0 Å². The molecule has 3 rings (SSSR count). The number of nitrogens with one attached hydrogen (secondary N) is 1. The van der Waals surface area contributed by atoms with Crippen LogP contribution < -0.4 is 5.32 Å². The number of hydrogen-bond acceptors (Lipinski definition) is 4. The maximum atomic E-state index is 13.2. The van der Waals surface area contributed by atoms with Crippen molar-refractivity contribution in [3.63, 3.8) is 0 Å². The number of hydrogen-bond donors (Lipinski definition) is 2. The Bertz CT molecular complexity index is 600. The van der Waals surface area contributed by atoms with Crippen molar-refractivity contribution in [3.05, 3.63) is 65.7 Å². The summed E-state index contributed by atoms with van der Waals surface area (Å²) in [6.45, 7) is 0.518. The summed E-state index contributed by atoms with van der Waals surface area (Å²) in [5, 5.41) is 14.0. The Hall–Kier alpha value is -1.43. The normalized spacial score (nSPS) is 22.6. The van der Waals surface area contributed by atoms with Crippen molar-refractivity contribution in [2.24, 2.45) is 0 Å². The fourth-order valence-electron chi connectivity index (χ4n) is 2.67. The Morgan fingerprint density at radius 2 is 1.86 bits per heavy atom. The molecule has 0 bridgehead atoms. The van der Waals surface area contributed by atoms with Crippen LogP contribution in [0.25, 0.3) is 0 Å². The van der Waals surface area contributed by atoms with Crippen LogP contribution >= 0.6 is 11.8 Å². The molecule has 0 radical (unpaired) electrons. The Kier molecular flexibility index (Phi) is 4.76. The monoisotopic (exact) mass is 318 g/mol. The third-order valence-electron chi connectivity index (χ3n) is 3.96. The van der Waals surface area contributed by atoms with Gasteiger partial charge in [-0.1, -0.05) is 12.1 Å². The molecule has 1 aromatic carbocycles. The fourth-order valence-corrected chi connectivity index (χ4v) is 3.96. The predicted molar refractivity (Wildman–Crippen MR) is 87.4 cm³/mol. The third kappa shape index (κ3) is 3.66. The predicted octanol–water partition coefficient (Wildman–Crippen LogP) is 2.77. The highest BCUT2D eigenvalue weighted by Gasteiger charge is 2.32. The first-order valence-corrected chi connectivity index (χ1v) is 8.51. The lowest BCUT2D eigenvalue weighted by Crippen LogP contribution is -2.42. The first-order chi connectivity index (χ1) is 10.7. The van der Waals surface area contributed by atoms with Gasteiger partial charge in [-0.15, -0.1) is 0 Å². The minimum Gasteiger partial charge on any atom is -0.388 e. The summed E-state index contributed by atoms with van der Waals surface area (Å²) >= 11 is 1.78. The lowest BCUT2D eigenvalue weighted by molar-refractivity contribution is 0.0658. The molecule has 1 fully saturated rings. The molecule has 2 aromatic rings. The second-order valence-electron chi connectivity index (χ2n) is 5.67. The SMILES string of the molecule is O[C@@]1(CN[C@@H](c2ccncc2)c2ccc(F)cc2)CCSC1. The third-order valence-corrected chi connectivity index (χ3v) is 5.19. The maximum absolute atomic E-state index is 13.2. The Balaban J connectivity index is 1.81. The molecule has 1 aliphatic rings. The van der Waals surface area contributed by atoms with E-state index in [1.807, 2.05) is 12.1 Å². The largest absolute Gasteiger partial charge is 0.388 e. The van der Waals surface area contributed by atoms with Gasteiger partial charge < -0.3 is 10.4 Å². The van der Waals surface area contributed by atoms with Gasteiger partial charge in [0.1, 0.15) is 5.82 Å². The van der Waals surface area contributed by atoms with Gasteiger partial charge in [-0.2, -0.15) is 11.8 Å². The van der Waals surface area contributed by atoms with Crippen LogP contribution in [-0.2, 0) is 0 Å². The fraction of sp³-hybridized carbons (Fsp3) is 0.353.